The van der Waals surface area contributed by atoms with Gasteiger partial charge in [-0.3, -0.25) is 0 Å². The smallest absolute Gasteiger partial charge is 0.258 e. The molecule has 0 amide bonds. The largest absolute Gasteiger partial charge is 0.316 e. The molecule has 2 heterocycles. The maximum absolute atomic E-state index is 12.0. The average Bonchev–Trinajstić information content (AvgIpc) is 2.46. The van der Waals surface area contributed by atoms with Gasteiger partial charge in [-0.15, -0.1) is 12.4 Å². The molecule has 0 aliphatic carbocycles. The van der Waals surface area contributed by atoms with Gasteiger partial charge in [0.05, 0.1) is 11.6 Å². The predicted octanol–water partition coefficient (Wildman–Crippen LogP) is 0.653. The summed E-state index contributed by atoms with van der Waals surface area (Å²) in [4.78, 5) is 3.81. The lowest BCUT2D eigenvalue weighted by Gasteiger charge is -2.22. The number of nitrogens with zero attached hydrogens (tertiary/aromatic N) is 2. The number of piperidine rings is 1. The van der Waals surface area contributed by atoms with E-state index in [0.717, 1.165) is 25.9 Å². The fraction of sp³-hybridized carbons (Fsp3) is 0.500. The molecule has 1 aliphatic rings. The minimum Gasteiger partial charge on any atom is -0.316 e. The normalized spacial score (nSPS) is 18.9. The quantitative estimate of drug-likeness (QED) is 0.850. The topological polar surface area (TPSA) is 94.9 Å². The van der Waals surface area contributed by atoms with Crippen LogP contribution in [0, 0.1) is 17.2 Å². The zero-order valence-corrected chi connectivity index (χ0v) is 12.5. The van der Waals surface area contributed by atoms with Crippen LogP contribution in [0.5, 0.6) is 0 Å². The van der Waals surface area contributed by atoms with Crippen LogP contribution < -0.4 is 10.0 Å². The van der Waals surface area contributed by atoms with E-state index in [4.69, 9.17) is 5.26 Å². The van der Waals surface area contributed by atoms with Crippen LogP contribution in [0.2, 0.25) is 0 Å². The highest BCUT2D eigenvalue weighted by Gasteiger charge is 2.19. The Hall–Kier alpha value is -1.20. The third kappa shape index (κ3) is 4.42. The van der Waals surface area contributed by atoms with Crippen molar-refractivity contribution in [3.05, 3.63) is 23.9 Å². The van der Waals surface area contributed by atoms with Crippen molar-refractivity contribution in [2.45, 2.75) is 17.9 Å². The van der Waals surface area contributed by atoms with Crippen molar-refractivity contribution in [1.82, 2.24) is 15.0 Å². The highest BCUT2D eigenvalue weighted by Crippen LogP contribution is 2.11. The molecular formula is C12H17ClN4O2S. The van der Waals surface area contributed by atoms with Gasteiger partial charge in [0.25, 0.3) is 10.0 Å². The van der Waals surface area contributed by atoms with Gasteiger partial charge < -0.3 is 5.32 Å². The van der Waals surface area contributed by atoms with Crippen molar-refractivity contribution in [3.8, 4) is 6.07 Å². The zero-order valence-electron chi connectivity index (χ0n) is 10.9. The van der Waals surface area contributed by atoms with Crippen LogP contribution in [0.4, 0.5) is 0 Å². The van der Waals surface area contributed by atoms with Crippen molar-refractivity contribution in [2.24, 2.45) is 5.92 Å². The Morgan fingerprint density at radius 3 is 3.00 bits per heavy atom. The molecule has 1 aromatic rings. The summed E-state index contributed by atoms with van der Waals surface area (Å²) >= 11 is 0. The van der Waals surface area contributed by atoms with Crippen molar-refractivity contribution >= 4 is 22.4 Å². The first-order valence-electron chi connectivity index (χ1n) is 6.18. The van der Waals surface area contributed by atoms with Crippen LogP contribution in [0.15, 0.2) is 23.4 Å². The Labute approximate surface area is 125 Å². The van der Waals surface area contributed by atoms with Crippen LogP contribution in [-0.4, -0.2) is 33.0 Å². The van der Waals surface area contributed by atoms with Crippen molar-refractivity contribution in [2.75, 3.05) is 19.6 Å². The summed E-state index contributed by atoms with van der Waals surface area (Å²) in [6, 6.07) is 4.66. The Bertz CT molecular complexity index is 579. The van der Waals surface area contributed by atoms with E-state index >= 15 is 0 Å². The maximum Gasteiger partial charge on any atom is 0.258 e. The van der Waals surface area contributed by atoms with Crippen LogP contribution in [0.3, 0.4) is 0 Å². The molecule has 0 bridgehead atoms. The summed E-state index contributed by atoms with van der Waals surface area (Å²) < 4.78 is 26.6. The van der Waals surface area contributed by atoms with Crippen LogP contribution in [0.1, 0.15) is 18.4 Å². The summed E-state index contributed by atoms with van der Waals surface area (Å²) in [6.45, 7) is 2.22. The van der Waals surface area contributed by atoms with E-state index in [-0.39, 0.29) is 23.0 Å². The van der Waals surface area contributed by atoms with Crippen molar-refractivity contribution < 1.29 is 8.42 Å². The van der Waals surface area contributed by atoms with Crippen molar-refractivity contribution in [1.29, 1.82) is 5.26 Å². The first-order valence-corrected chi connectivity index (χ1v) is 7.66. The number of sulfonamides is 1. The molecule has 110 valence electrons. The lowest BCUT2D eigenvalue weighted by Crippen LogP contribution is -2.38. The molecule has 1 unspecified atom stereocenters. The molecule has 1 fully saturated rings. The molecule has 2 N–H and O–H groups in total. The van der Waals surface area contributed by atoms with Gasteiger partial charge in [-0.25, -0.2) is 18.1 Å². The second-order valence-corrected chi connectivity index (χ2v) is 6.27. The molecule has 1 saturated heterocycles. The number of nitrogens with one attached hydrogen (secondary N) is 2. The summed E-state index contributed by atoms with van der Waals surface area (Å²) in [5.74, 6) is 0.308. The third-order valence-corrected chi connectivity index (χ3v) is 4.42. The number of hydrogen-bond donors (Lipinski definition) is 2. The molecule has 1 aromatic heterocycles. The van der Waals surface area contributed by atoms with Crippen LogP contribution in [-0.2, 0) is 10.0 Å². The number of aromatic nitrogens is 1. The number of rotatable bonds is 4. The van der Waals surface area contributed by atoms with E-state index in [9.17, 15) is 8.42 Å². The van der Waals surface area contributed by atoms with Crippen LogP contribution in [0.25, 0.3) is 0 Å². The van der Waals surface area contributed by atoms with E-state index in [1.807, 2.05) is 6.07 Å². The molecule has 8 heteroatoms. The second kappa shape index (κ2) is 7.55. The minimum absolute atomic E-state index is 0. The van der Waals surface area contributed by atoms with Gasteiger partial charge in [-0.1, -0.05) is 0 Å². The van der Waals surface area contributed by atoms with Crippen molar-refractivity contribution in [3.63, 3.8) is 0 Å². The molecule has 1 atom stereocenters. The van der Waals surface area contributed by atoms with E-state index in [0.29, 0.717) is 12.5 Å². The fourth-order valence-corrected chi connectivity index (χ4v) is 3.11. The fourth-order valence-electron chi connectivity index (χ4n) is 2.03. The lowest BCUT2D eigenvalue weighted by molar-refractivity contribution is 0.375. The first-order chi connectivity index (χ1) is 9.12. The predicted molar refractivity (Wildman–Crippen MR) is 77.0 cm³/mol. The number of hydrogen-bond acceptors (Lipinski definition) is 5. The molecule has 20 heavy (non-hydrogen) atoms. The number of nitriles is 1. The van der Waals surface area contributed by atoms with E-state index < -0.39 is 10.0 Å². The molecule has 2 rings (SSSR count). The van der Waals surface area contributed by atoms with E-state index in [1.165, 1.54) is 18.3 Å². The van der Waals surface area contributed by atoms with Gasteiger partial charge in [0.2, 0.25) is 0 Å². The second-order valence-electron chi connectivity index (χ2n) is 4.56. The van der Waals surface area contributed by atoms with E-state index in [1.54, 1.807) is 0 Å². The Morgan fingerprint density at radius 1 is 1.55 bits per heavy atom. The summed E-state index contributed by atoms with van der Waals surface area (Å²) in [7, 11) is -3.63. The molecule has 6 nitrogen and oxygen atoms in total. The molecule has 0 saturated carbocycles. The van der Waals surface area contributed by atoms with Gasteiger partial charge >= 0.3 is 0 Å². The summed E-state index contributed by atoms with van der Waals surface area (Å²) in [5.41, 5.74) is 0.287. The molecule has 0 aromatic carbocycles. The average molecular weight is 317 g/mol. The number of halogens is 1. The third-order valence-electron chi connectivity index (χ3n) is 3.10. The molecule has 0 radical (unpaired) electrons. The molecule has 1 aliphatic heterocycles. The maximum atomic E-state index is 12.0. The minimum atomic E-state index is -3.63. The Balaban J connectivity index is 0.00000200. The van der Waals surface area contributed by atoms with Gasteiger partial charge in [0.15, 0.2) is 5.03 Å². The van der Waals surface area contributed by atoms with Gasteiger partial charge in [0, 0.05) is 12.7 Å². The number of pyridine rings is 1. The highest BCUT2D eigenvalue weighted by molar-refractivity contribution is 7.89. The summed E-state index contributed by atoms with van der Waals surface area (Å²) in [5, 5.41) is 11.9. The van der Waals surface area contributed by atoms with Gasteiger partial charge in [-0.2, -0.15) is 5.26 Å². The van der Waals surface area contributed by atoms with Gasteiger partial charge in [-0.05, 0) is 44.0 Å². The monoisotopic (exact) mass is 316 g/mol. The van der Waals surface area contributed by atoms with Crippen LogP contribution >= 0.6 is 12.4 Å². The standard InChI is InChI=1S/C12H16N4O2S.ClH/c13-7-10-3-5-15-12(6-10)19(17,18)16-9-11-2-1-4-14-8-11;/h3,5-6,11,14,16H,1-2,4,8-9H2;1H. The molecule has 0 spiro atoms. The Kier molecular flexibility index (Phi) is 6.36. The highest BCUT2D eigenvalue weighted by atomic mass is 35.5. The van der Waals surface area contributed by atoms with Gasteiger partial charge in [0.1, 0.15) is 0 Å². The van der Waals surface area contributed by atoms with E-state index in [2.05, 4.69) is 15.0 Å². The lowest BCUT2D eigenvalue weighted by atomic mass is 10.0. The Morgan fingerprint density at radius 2 is 2.35 bits per heavy atom. The SMILES string of the molecule is Cl.N#Cc1ccnc(S(=O)(=O)NCC2CCCNC2)c1. The zero-order chi connectivity index (χ0) is 13.7. The summed E-state index contributed by atoms with van der Waals surface area (Å²) in [6.07, 6.45) is 3.41. The molecular weight excluding hydrogens is 300 g/mol. The first kappa shape index (κ1) is 16.9.